The predicted molar refractivity (Wildman–Crippen MR) is 138 cm³/mol. The van der Waals surface area contributed by atoms with Gasteiger partial charge >= 0.3 is 12.6 Å². The van der Waals surface area contributed by atoms with E-state index in [0.29, 0.717) is 34.5 Å². The Balaban J connectivity index is 1.55. The molecule has 0 saturated heterocycles. The summed E-state index contributed by atoms with van der Waals surface area (Å²) in [6, 6.07) is 13.3. The zero-order valence-electron chi connectivity index (χ0n) is 20.7. The maximum Gasteiger partial charge on any atom is 0.387 e. The van der Waals surface area contributed by atoms with E-state index in [9.17, 15) is 13.6 Å². The highest BCUT2D eigenvalue weighted by atomic mass is 19.3. The van der Waals surface area contributed by atoms with E-state index in [2.05, 4.69) is 14.7 Å². The summed E-state index contributed by atoms with van der Waals surface area (Å²) >= 11 is 0. The number of aromatic nitrogens is 5. The SMILES string of the molecule is CCOc1ncc2cc(-c3ccc4nc(C5(N)CC5)n(C)c4c3)c(=O)n(-c3ccc(OC(F)F)cc3)c2n1. The number of nitrogens with two attached hydrogens (primary N) is 1. The van der Waals surface area contributed by atoms with Crippen LogP contribution in [-0.2, 0) is 12.6 Å². The summed E-state index contributed by atoms with van der Waals surface area (Å²) in [6.45, 7) is -0.795. The van der Waals surface area contributed by atoms with Crippen molar-refractivity contribution in [1.29, 1.82) is 0 Å². The number of aryl methyl sites for hydroxylation is 1. The number of pyridine rings is 1. The van der Waals surface area contributed by atoms with Crippen molar-refractivity contribution in [1.82, 2.24) is 24.1 Å². The minimum atomic E-state index is -2.95. The van der Waals surface area contributed by atoms with Gasteiger partial charge in [-0.3, -0.25) is 9.36 Å². The molecular weight excluding hydrogens is 494 g/mol. The minimum Gasteiger partial charge on any atom is -0.464 e. The average molecular weight is 519 g/mol. The first-order chi connectivity index (χ1) is 18.3. The molecule has 1 fully saturated rings. The van der Waals surface area contributed by atoms with Crippen molar-refractivity contribution >= 4 is 22.1 Å². The molecule has 2 aromatic carbocycles. The van der Waals surface area contributed by atoms with Gasteiger partial charge in [-0.15, -0.1) is 0 Å². The van der Waals surface area contributed by atoms with Crippen LogP contribution in [0, 0.1) is 0 Å². The monoisotopic (exact) mass is 518 g/mol. The molecule has 0 bridgehead atoms. The van der Waals surface area contributed by atoms with E-state index >= 15 is 0 Å². The number of imidazole rings is 1. The topological polar surface area (TPSA) is 110 Å². The Hall–Kier alpha value is -4.38. The van der Waals surface area contributed by atoms with Gasteiger partial charge in [-0.2, -0.15) is 13.8 Å². The third-order valence-electron chi connectivity index (χ3n) is 6.74. The smallest absolute Gasteiger partial charge is 0.387 e. The molecule has 1 aliphatic carbocycles. The lowest BCUT2D eigenvalue weighted by molar-refractivity contribution is -0.0498. The summed E-state index contributed by atoms with van der Waals surface area (Å²) in [5.74, 6) is 0.802. The van der Waals surface area contributed by atoms with E-state index < -0.39 is 12.2 Å². The summed E-state index contributed by atoms with van der Waals surface area (Å²) in [5, 5.41) is 0.598. The first-order valence-electron chi connectivity index (χ1n) is 12.1. The number of fused-ring (bicyclic) bond motifs is 2. The Morgan fingerprint density at radius 2 is 1.87 bits per heavy atom. The van der Waals surface area contributed by atoms with E-state index in [-0.39, 0.29) is 17.3 Å². The molecular formula is C27H24F2N6O3. The van der Waals surface area contributed by atoms with Crippen LogP contribution in [0.25, 0.3) is 38.9 Å². The van der Waals surface area contributed by atoms with E-state index in [1.54, 1.807) is 19.2 Å². The van der Waals surface area contributed by atoms with E-state index in [4.69, 9.17) is 15.5 Å². The summed E-state index contributed by atoms with van der Waals surface area (Å²) in [6.07, 6.45) is 3.36. The predicted octanol–water partition coefficient (Wildman–Crippen LogP) is 4.28. The molecule has 0 amide bonds. The van der Waals surface area contributed by atoms with Crippen molar-refractivity contribution in [2.75, 3.05) is 6.61 Å². The minimum absolute atomic E-state index is 0.0207. The molecule has 0 aliphatic heterocycles. The van der Waals surface area contributed by atoms with Gasteiger partial charge in [0.1, 0.15) is 11.6 Å². The number of rotatable bonds is 7. The van der Waals surface area contributed by atoms with Gasteiger partial charge in [-0.25, -0.2) is 9.97 Å². The van der Waals surface area contributed by atoms with Crippen LogP contribution in [0.2, 0.25) is 0 Å². The van der Waals surface area contributed by atoms with Gasteiger partial charge in [-0.05, 0) is 67.8 Å². The summed E-state index contributed by atoms with van der Waals surface area (Å²) in [7, 11) is 1.92. The van der Waals surface area contributed by atoms with Gasteiger partial charge in [0.15, 0.2) is 5.65 Å². The molecule has 9 nitrogen and oxygen atoms in total. The second-order valence-electron chi connectivity index (χ2n) is 9.29. The second-order valence-corrected chi connectivity index (χ2v) is 9.29. The molecule has 38 heavy (non-hydrogen) atoms. The van der Waals surface area contributed by atoms with Crippen LogP contribution in [0.15, 0.2) is 59.5 Å². The molecule has 0 atom stereocenters. The molecule has 194 valence electrons. The maximum atomic E-state index is 14.0. The quantitative estimate of drug-likeness (QED) is 0.342. The Labute approximate surface area is 215 Å². The van der Waals surface area contributed by atoms with Crippen LogP contribution in [0.1, 0.15) is 25.6 Å². The molecule has 0 radical (unpaired) electrons. The fourth-order valence-electron chi connectivity index (χ4n) is 4.66. The number of benzene rings is 2. The zero-order valence-corrected chi connectivity index (χ0v) is 20.7. The third-order valence-corrected chi connectivity index (χ3v) is 6.74. The molecule has 3 heterocycles. The molecule has 3 aromatic heterocycles. The van der Waals surface area contributed by atoms with Gasteiger partial charge in [0.2, 0.25) is 0 Å². The molecule has 11 heteroatoms. The fraction of sp³-hybridized carbons (Fsp3) is 0.259. The summed E-state index contributed by atoms with van der Waals surface area (Å²) < 4.78 is 38.6. The lowest BCUT2D eigenvalue weighted by atomic mass is 10.0. The van der Waals surface area contributed by atoms with Gasteiger partial charge < -0.3 is 19.8 Å². The van der Waals surface area contributed by atoms with Gasteiger partial charge in [-0.1, -0.05) is 6.07 Å². The highest BCUT2D eigenvalue weighted by Crippen LogP contribution is 2.43. The van der Waals surface area contributed by atoms with Crippen LogP contribution in [0.5, 0.6) is 11.8 Å². The van der Waals surface area contributed by atoms with Crippen molar-refractivity contribution in [2.45, 2.75) is 31.9 Å². The van der Waals surface area contributed by atoms with Crippen molar-refractivity contribution < 1.29 is 18.3 Å². The number of hydrogen-bond donors (Lipinski definition) is 1. The van der Waals surface area contributed by atoms with Crippen molar-refractivity contribution in [3.8, 4) is 28.6 Å². The highest BCUT2D eigenvalue weighted by molar-refractivity contribution is 5.87. The normalized spacial score (nSPS) is 14.4. The molecule has 6 rings (SSSR count). The molecule has 2 N–H and O–H groups in total. The summed E-state index contributed by atoms with van der Waals surface area (Å²) in [4.78, 5) is 27.4. The first kappa shape index (κ1) is 24.0. The lowest BCUT2D eigenvalue weighted by Gasteiger charge is -2.14. The Bertz CT molecular complexity index is 1740. The number of halogens is 2. The van der Waals surface area contributed by atoms with Crippen LogP contribution < -0.4 is 20.8 Å². The number of hydrogen-bond acceptors (Lipinski definition) is 7. The van der Waals surface area contributed by atoms with Crippen LogP contribution >= 0.6 is 0 Å². The van der Waals surface area contributed by atoms with Gasteiger partial charge in [0.25, 0.3) is 5.56 Å². The van der Waals surface area contributed by atoms with Crippen molar-refractivity contribution in [3.05, 3.63) is 70.9 Å². The van der Waals surface area contributed by atoms with E-state index in [1.807, 2.05) is 29.8 Å². The van der Waals surface area contributed by atoms with Crippen LogP contribution in [-0.4, -0.2) is 37.3 Å². The van der Waals surface area contributed by atoms with Gasteiger partial charge in [0.05, 0.1) is 28.9 Å². The van der Waals surface area contributed by atoms with Gasteiger partial charge in [0, 0.05) is 24.2 Å². The Morgan fingerprint density at radius 1 is 1.11 bits per heavy atom. The molecule has 0 unspecified atom stereocenters. The van der Waals surface area contributed by atoms with E-state index in [1.165, 1.54) is 28.8 Å². The van der Waals surface area contributed by atoms with Crippen molar-refractivity contribution in [2.24, 2.45) is 12.8 Å². The number of nitrogens with zero attached hydrogens (tertiary/aromatic N) is 5. The Kier molecular flexibility index (Phi) is 5.60. The van der Waals surface area contributed by atoms with Crippen molar-refractivity contribution in [3.63, 3.8) is 0 Å². The average Bonchev–Trinajstić information content (AvgIpc) is 3.56. The summed E-state index contributed by atoms with van der Waals surface area (Å²) in [5.41, 5.74) is 9.15. The standard InChI is InChI=1S/C27H24F2N6O3/c1-3-37-26-31-14-16-12-19(15-4-9-20-21(13-15)34(2)24(32-20)27(30)10-11-27)23(36)35(22(16)33-26)17-5-7-18(8-6-17)38-25(28)29/h4-9,12-14,25H,3,10-11,30H2,1-2H3. The molecule has 5 aromatic rings. The lowest BCUT2D eigenvalue weighted by Crippen LogP contribution is -2.23. The second kappa shape index (κ2) is 8.88. The fourth-order valence-corrected chi connectivity index (χ4v) is 4.66. The third kappa shape index (κ3) is 4.04. The zero-order chi connectivity index (χ0) is 26.6. The highest BCUT2D eigenvalue weighted by Gasteiger charge is 2.44. The maximum absolute atomic E-state index is 14.0. The number of alkyl halides is 2. The van der Waals surface area contributed by atoms with E-state index in [0.717, 1.165) is 29.7 Å². The molecule has 0 spiro atoms. The largest absolute Gasteiger partial charge is 0.464 e. The van der Waals surface area contributed by atoms with Crippen LogP contribution in [0.3, 0.4) is 0 Å². The Morgan fingerprint density at radius 3 is 2.55 bits per heavy atom. The molecule has 1 saturated carbocycles. The first-order valence-corrected chi connectivity index (χ1v) is 12.1. The number of ether oxygens (including phenoxy) is 2. The molecule has 1 aliphatic rings. The van der Waals surface area contributed by atoms with Crippen LogP contribution in [0.4, 0.5) is 8.78 Å².